The highest BCUT2D eigenvalue weighted by molar-refractivity contribution is 5.93. The van der Waals surface area contributed by atoms with Gasteiger partial charge in [0, 0.05) is 43.5 Å². The van der Waals surface area contributed by atoms with E-state index >= 15 is 0 Å². The van der Waals surface area contributed by atoms with E-state index in [1.54, 1.807) is 6.20 Å². The van der Waals surface area contributed by atoms with Crippen molar-refractivity contribution < 1.29 is 9.90 Å². The van der Waals surface area contributed by atoms with Crippen LogP contribution in [0.15, 0.2) is 18.3 Å². The van der Waals surface area contributed by atoms with Gasteiger partial charge >= 0.3 is 0 Å². The second kappa shape index (κ2) is 7.32. The molecule has 1 amide bonds. The third-order valence-corrected chi connectivity index (χ3v) is 6.27. The van der Waals surface area contributed by atoms with E-state index in [1.807, 2.05) is 17.0 Å². The maximum absolute atomic E-state index is 13.1. The van der Waals surface area contributed by atoms with Crippen LogP contribution in [0.5, 0.6) is 0 Å². The fourth-order valence-corrected chi connectivity index (χ4v) is 4.93. The molecule has 0 bridgehead atoms. The minimum atomic E-state index is -0.254. The van der Waals surface area contributed by atoms with Crippen LogP contribution < -0.4 is 4.90 Å². The van der Waals surface area contributed by atoms with Crippen molar-refractivity contribution in [3.8, 4) is 0 Å². The molecule has 1 N–H and O–H groups in total. The Balaban J connectivity index is 1.52. The minimum Gasteiger partial charge on any atom is -0.393 e. The molecule has 136 valence electrons. The molecule has 3 aliphatic rings. The summed E-state index contributed by atoms with van der Waals surface area (Å²) in [5.74, 6) is 0.281. The number of hydrogen-bond donors (Lipinski definition) is 1. The molecule has 1 aromatic heterocycles. The van der Waals surface area contributed by atoms with Crippen molar-refractivity contribution in [1.29, 1.82) is 0 Å². The second-order valence-corrected chi connectivity index (χ2v) is 7.82. The maximum Gasteiger partial charge on any atom is 0.272 e. The smallest absolute Gasteiger partial charge is 0.272 e. The standard InChI is InChI=1S/C20H29N3O2/c24-19-8-2-1-6-16(19)18-7-5-13-23(18)20(25)17-14-15(9-10-21-17)22-11-3-4-12-22/h9-10,14,16,18-19,24H,1-8,11-13H2/t16-,18-,19-/m1/s1. The summed E-state index contributed by atoms with van der Waals surface area (Å²) in [6.07, 6.45) is 10.2. The normalized spacial score (nSPS) is 30.0. The summed E-state index contributed by atoms with van der Waals surface area (Å²) in [4.78, 5) is 21.8. The molecule has 1 saturated carbocycles. The lowest BCUT2D eigenvalue weighted by Crippen LogP contribution is -2.45. The number of pyridine rings is 1. The number of rotatable bonds is 3. The van der Waals surface area contributed by atoms with Gasteiger partial charge in [0.25, 0.3) is 5.91 Å². The number of hydrogen-bond acceptors (Lipinski definition) is 4. The van der Waals surface area contributed by atoms with E-state index in [0.29, 0.717) is 5.69 Å². The van der Waals surface area contributed by atoms with Crippen LogP contribution in [0.2, 0.25) is 0 Å². The summed E-state index contributed by atoms with van der Waals surface area (Å²) >= 11 is 0. The summed E-state index contributed by atoms with van der Waals surface area (Å²) in [6, 6.07) is 4.15. The molecular weight excluding hydrogens is 314 g/mol. The first-order valence-electron chi connectivity index (χ1n) is 9.94. The first-order chi connectivity index (χ1) is 12.2. The lowest BCUT2D eigenvalue weighted by atomic mass is 9.80. The van der Waals surface area contributed by atoms with Crippen LogP contribution in [0.3, 0.4) is 0 Å². The highest BCUT2D eigenvalue weighted by Gasteiger charge is 2.39. The van der Waals surface area contributed by atoms with Crippen molar-refractivity contribution >= 4 is 11.6 Å². The van der Waals surface area contributed by atoms with Crippen LogP contribution in [0.4, 0.5) is 5.69 Å². The molecule has 5 heteroatoms. The van der Waals surface area contributed by atoms with E-state index in [4.69, 9.17) is 0 Å². The number of aromatic nitrogens is 1. The number of amides is 1. The van der Waals surface area contributed by atoms with Crippen LogP contribution in [-0.2, 0) is 0 Å². The van der Waals surface area contributed by atoms with Crippen molar-refractivity contribution in [2.75, 3.05) is 24.5 Å². The van der Waals surface area contributed by atoms with Crippen molar-refractivity contribution in [3.05, 3.63) is 24.0 Å². The van der Waals surface area contributed by atoms with Crippen LogP contribution in [0.25, 0.3) is 0 Å². The van der Waals surface area contributed by atoms with Gasteiger partial charge in [-0.1, -0.05) is 12.8 Å². The Morgan fingerprint density at radius 3 is 2.64 bits per heavy atom. The maximum atomic E-state index is 13.1. The molecule has 1 aromatic rings. The van der Waals surface area contributed by atoms with Crippen molar-refractivity contribution in [1.82, 2.24) is 9.88 Å². The summed E-state index contributed by atoms with van der Waals surface area (Å²) in [5.41, 5.74) is 1.67. The Bertz CT molecular complexity index is 615. The van der Waals surface area contributed by atoms with Crippen LogP contribution >= 0.6 is 0 Å². The van der Waals surface area contributed by atoms with Gasteiger partial charge in [-0.25, -0.2) is 0 Å². The zero-order chi connectivity index (χ0) is 17.2. The summed E-state index contributed by atoms with van der Waals surface area (Å²) < 4.78 is 0. The lowest BCUT2D eigenvalue weighted by molar-refractivity contribution is 0.0209. The van der Waals surface area contributed by atoms with Crippen molar-refractivity contribution in [2.24, 2.45) is 5.92 Å². The Hall–Kier alpha value is -1.62. The monoisotopic (exact) mass is 343 g/mol. The molecule has 1 aliphatic carbocycles. The van der Waals surface area contributed by atoms with E-state index in [2.05, 4.69) is 9.88 Å². The van der Waals surface area contributed by atoms with Crippen molar-refractivity contribution in [3.63, 3.8) is 0 Å². The molecule has 0 aromatic carbocycles. The quantitative estimate of drug-likeness (QED) is 0.917. The fourth-order valence-electron chi connectivity index (χ4n) is 4.93. The molecule has 0 unspecified atom stereocenters. The topological polar surface area (TPSA) is 56.7 Å². The van der Waals surface area contributed by atoms with E-state index in [0.717, 1.165) is 57.4 Å². The van der Waals surface area contributed by atoms with Gasteiger partial charge < -0.3 is 14.9 Å². The molecule has 2 aliphatic heterocycles. The van der Waals surface area contributed by atoms with Gasteiger partial charge in [0.05, 0.1) is 6.10 Å². The van der Waals surface area contributed by atoms with E-state index < -0.39 is 0 Å². The summed E-state index contributed by atoms with van der Waals surface area (Å²) in [5, 5.41) is 10.4. The van der Waals surface area contributed by atoms with E-state index in [9.17, 15) is 9.90 Å². The number of aliphatic hydroxyl groups is 1. The van der Waals surface area contributed by atoms with Crippen molar-refractivity contribution in [2.45, 2.75) is 63.5 Å². The Labute approximate surface area is 150 Å². The number of aliphatic hydroxyl groups excluding tert-OH is 1. The van der Waals surface area contributed by atoms with Crippen LogP contribution in [0, 0.1) is 5.92 Å². The highest BCUT2D eigenvalue weighted by Crippen LogP contribution is 2.35. The molecule has 3 atom stereocenters. The van der Waals surface area contributed by atoms with Gasteiger partial charge in [0.1, 0.15) is 5.69 Å². The molecule has 2 saturated heterocycles. The van der Waals surface area contributed by atoms with Gasteiger partial charge in [-0.15, -0.1) is 0 Å². The van der Waals surface area contributed by atoms with Crippen LogP contribution in [0.1, 0.15) is 61.9 Å². The minimum absolute atomic E-state index is 0.0429. The molecule has 0 spiro atoms. The zero-order valence-corrected chi connectivity index (χ0v) is 14.9. The number of anilines is 1. The summed E-state index contributed by atoms with van der Waals surface area (Å²) in [7, 11) is 0. The predicted octanol–water partition coefficient (Wildman–Crippen LogP) is 2.84. The number of carbonyl (C=O) groups is 1. The zero-order valence-electron chi connectivity index (χ0n) is 14.9. The second-order valence-electron chi connectivity index (χ2n) is 7.82. The fraction of sp³-hybridized carbons (Fsp3) is 0.700. The Kier molecular flexibility index (Phi) is 4.93. The third-order valence-electron chi connectivity index (χ3n) is 6.27. The van der Waals surface area contributed by atoms with Gasteiger partial charge in [0.15, 0.2) is 0 Å². The Morgan fingerprint density at radius 2 is 1.84 bits per heavy atom. The number of likely N-dealkylation sites (tertiary alicyclic amines) is 1. The highest BCUT2D eigenvalue weighted by atomic mass is 16.3. The molecule has 4 rings (SSSR count). The van der Waals surface area contributed by atoms with Gasteiger partial charge in [-0.2, -0.15) is 0 Å². The molecule has 5 nitrogen and oxygen atoms in total. The average molecular weight is 343 g/mol. The molecule has 0 radical (unpaired) electrons. The largest absolute Gasteiger partial charge is 0.393 e. The first-order valence-corrected chi connectivity index (χ1v) is 9.94. The Morgan fingerprint density at radius 1 is 1.04 bits per heavy atom. The van der Waals surface area contributed by atoms with E-state index in [1.165, 1.54) is 19.3 Å². The number of carbonyl (C=O) groups excluding carboxylic acids is 1. The predicted molar refractivity (Wildman–Crippen MR) is 97.7 cm³/mol. The summed E-state index contributed by atoms with van der Waals surface area (Å²) in [6.45, 7) is 2.93. The molecule has 3 fully saturated rings. The molecule has 25 heavy (non-hydrogen) atoms. The van der Waals surface area contributed by atoms with Gasteiger partial charge in [-0.05, 0) is 50.7 Å². The third kappa shape index (κ3) is 3.39. The van der Waals surface area contributed by atoms with Crippen LogP contribution in [-0.4, -0.2) is 52.7 Å². The molecular formula is C20H29N3O2. The SMILES string of the molecule is O=C(c1cc(N2CCCC2)ccn1)N1CCC[C@@H]1[C@H]1CCCC[C@H]1O. The first kappa shape index (κ1) is 16.8. The average Bonchev–Trinajstić information content (AvgIpc) is 3.33. The molecule has 3 heterocycles. The number of nitrogens with zero attached hydrogens (tertiary/aromatic N) is 3. The van der Waals surface area contributed by atoms with Gasteiger partial charge in [-0.3, -0.25) is 9.78 Å². The van der Waals surface area contributed by atoms with Gasteiger partial charge in [0.2, 0.25) is 0 Å². The lowest BCUT2D eigenvalue weighted by Gasteiger charge is -2.37. The van der Waals surface area contributed by atoms with E-state index in [-0.39, 0.29) is 24.0 Å².